The Bertz CT molecular complexity index is 251. The van der Waals surface area contributed by atoms with Gasteiger partial charge in [0.05, 0.1) is 5.92 Å². The minimum atomic E-state index is -0.918. The summed E-state index contributed by atoms with van der Waals surface area (Å²) in [6.45, 7) is 8.13. The fourth-order valence-electron chi connectivity index (χ4n) is 1.34. The summed E-state index contributed by atoms with van der Waals surface area (Å²) in [5.74, 6) is -1.56. The van der Waals surface area contributed by atoms with E-state index in [9.17, 15) is 9.59 Å². The van der Waals surface area contributed by atoms with E-state index in [0.29, 0.717) is 12.5 Å². The lowest BCUT2D eigenvalue weighted by Crippen LogP contribution is -2.37. The topological polar surface area (TPSA) is 57.6 Å². The predicted octanol–water partition coefficient (Wildman–Crippen LogP) is 1.85. The SMILES string of the molecule is CC(C)CCN(C)C(=O)C(C)C(C)C(=O)O. The number of carbonyl (C=O) groups is 2. The summed E-state index contributed by atoms with van der Waals surface area (Å²) >= 11 is 0. The number of nitrogens with zero attached hydrogens (tertiary/aromatic N) is 1. The Morgan fingerprint density at radius 2 is 1.62 bits per heavy atom. The Labute approximate surface area is 97.6 Å². The van der Waals surface area contributed by atoms with Crippen molar-refractivity contribution in [2.24, 2.45) is 17.8 Å². The molecule has 4 nitrogen and oxygen atoms in total. The van der Waals surface area contributed by atoms with Crippen LogP contribution in [0.25, 0.3) is 0 Å². The van der Waals surface area contributed by atoms with E-state index in [1.165, 1.54) is 0 Å². The van der Waals surface area contributed by atoms with Gasteiger partial charge in [0.1, 0.15) is 0 Å². The summed E-state index contributed by atoms with van der Waals surface area (Å²) in [6.07, 6.45) is 0.941. The maximum Gasteiger partial charge on any atom is 0.307 e. The van der Waals surface area contributed by atoms with E-state index in [-0.39, 0.29) is 5.91 Å². The summed E-state index contributed by atoms with van der Waals surface area (Å²) in [4.78, 5) is 24.3. The second kappa shape index (κ2) is 6.51. The van der Waals surface area contributed by atoms with Crippen LogP contribution in [0.2, 0.25) is 0 Å². The summed E-state index contributed by atoms with van der Waals surface area (Å²) in [7, 11) is 1.73. The second-order valence-electron chi connectivity index (χ2n) is 4.86. The average Bonchev–Trinajstić information content (AvgIpc) is 2.22. The third kappa shape index (κ3) is 4.64. The lowest BCUT2D eigenvalue weighted by Gasteiger charge is -2.24. The van der Waals surface area contributed by atoms with Crippen molar-refractivity contribution in [1.82, 2.24) is 4.90 Å². The normalized spacial score (nSPS) is 14.6. The molecule has 0 fully saturated rings. The van der Waals surface area contributed by atoms with Gasteiger partial charge in [-0.1, -0.05) is 27.7 Å². The lowest BCUT2D eigenvalue weighted by atomic mass is 9.94. The molecular formula is C12H23NO3. The maximum absolute atomic E-state index is 11.9. The highest BCUT2D eigenvalue weighted by Gasteiger charge is 2.27. The van der Waals surface area contributed by atoms with Gasteiger partial charge in [-0.15, -0.1) is 0 Å². The van der Waals surface area contributed by atoms with Crippen molar-refractivity contribution in [2.45, 2.75) is 34.1 Å². The molecule has 0 saturated carbocycles. The molecule has 0 aromatic carbocycles. The molecule has 4 heteroatoms. The molecule has 0 spiro atoms. The van der Waals surface area contributed by atoms with Crippen molar-refractivity contribution >= 4 is 11.9 Å². The van der Waals surface area contributed by atoms with Crippen LogP contribution in [0.15, 0.2) is 0 Å². The van der Waals surface area contributed by atoms with Crippen LogP contribution in [-0.4, -0.2) is 35.5 Å². The van der Waals surface area contributed by atoms with Gasteiger partial charge in [-0.3, -0.25) is 9.59 Å². The number of hydrogen-bond acceptors (Lipinski definition) is 2. The minimum Gasteiger partial charge on any atom is -0.481 e. The zero-order chi connectivity index (χ0) is 12.9. The zero-order valence-corrected chi connectivity index (χ0v) is 10.9. The molecule has 1 amide bonds. The molecule has 0 bridgehead atoms. The number of carbonyl (C=O) groups excluding carboxylic acids is 1. The van der Waals surface area contributed by atoms with Crippen LogP contribution >= 0.6 is 0 Å². The summed E-state index contributed by atoms with van der Waals surface area (Å²) in [5, 5.41) is 8.83. The molecule has 16 heavy (non-hydrogen) atoms. The van der Waals surface area contributed by atoms with Gasteiger partial charge in [0.2, 0.25) is 5.91 Å². The molecule has 1 N–H and O–H groups in total. The molecule has 0 radical (unpaired) electrons. The van der Waals surface area contributed by atoms with Gasteiger partial charge in [-0.25, -0.2) is 0 Å². The van der Waals surface area contributed by atoms with Gasteiger partial charge >= 0.3 is 5.97 Å². The zero-order valence-electron chi connectivity index (χ0n) is 10.9. The standard InChI is InChI=1S/C12H23NO3/c1-8(2)6-7-13(5)11(14)9(3)10(4)12(15)16/h8-10H,6-7H2,1-5H3,(H,15,16). The van der Waals surface area contributed by atoms with Crippen molar-refractivity contribution in [3.8, 4) is 0 Å². The van der Waals surface area contributed by atoms with E-state index in [2.05, 4.69) is 13.8 Å². The van der Waals surface area contributed by atoms with Crippen LogP contribution in [0.5, 0.6) is 0 Å². The van der Waals surface area contributed by atoms with Crippen LogP contribution in [0.1, 0.15) is 34.1 Å². The highest BCUT2D eigenvalue weighted by atomic mass is 16.4. The summed E-state index contributed by atoms with van der Waals surface area (Å²) in [5.41, 5.74) is 0. The van der Waals surface area contributed by atoms with E-state index in [4.69, 9.17) is 5.11 Å². The first-order valence-corrected chi connectivity index (χ1v) is 5.75. The first-order chi connectivity index (χ1) is 7.27. The number of aliphatic carboxylic acids is 1. The first-order valence-electron chi connectivity index (χ1n) is 5.75. The number of amides is 1. The first kappa shape index (κ1) is 14.9. The van der Waals surface area contributed by atoms with Gasteiger partial charge in [0, 0.05) is 19.5 Å². The van der Waals surface area contributed by atoms with E-state index in [0.717, 1.165) is 6.42 Å². The lowest BCUT2D eigenvalue weighted by molar-refractivity contribution is -0.148. The smallest absolute Gasteiger partial charge is 0.307 e. The highest BCUT2D eigenvalue weighted by Crippen LogP contribution is 2.14. The Balaban J connectivity index is 4.26. The average molecular weight is 229 g/mol. The Morgan fingerprint density at radius 3 is 2.00 bits per heavy atom. The number of carboxylic acids is 1. The van der Waals surface area contributed by atoms with Gasteiger partial charge in [-0.05, 0) is 12.3 Å². The Hall–Kier alpha value is -1.06. The van der Waals surface area contributed by atoms with Crippen LogP contribution in [0, 0.1) is 17.8 Å². The largest absolute Gasteiger partial charge is 0.481 e. The van der Waals surface area contributed by atoms with Crippen molar-refractivity contribution in [3.63, 3.8) is 0 Å². The summed E-state index contributed by atoms with van der Waals surface area (Å²) in [6, 6.07) is 0. The quantitative estimate of drug-likeness (QED) is 0.756. The molecule has 0 aliphatic carbocycles. The molecule has 0 aliphatic rings. The van der Waals surface area contributed by atoms with Gasteiger partial charge < -0.3 is 10.0 Å². The highest BCUT2D eigenvalue weighted by molar-refractivity contribution is 5.84. The third-order valence-corrected chi connectivity index (χ3v) is 2.95. The van der Waals surface area contributed by atoms with Crippen LogP contribution in [0.3, 0.4) is 0 Å². The maximum atomic E-state index is 11.9. The van der Waals surface area contributed by atoms with Crippen LogP contribution in [0.4, 0.5) is 0 Å². The summed E-state index contributed by atoms with van der Waals surface area (Å²) < 4.78 is 0. The van der Waals surface area contributed by atoms with Crippen LogP contribution < -0.4 is 0 Å². The van der Waals surface area contributed by atoms with Crippen molar-refractivity contribution in [3.05, 3.63) is 0 Å². The van der Waals surface area contributed by atoms with Crippen molar-refractivity contribution in [2.75, 3.05) is 13.6 Å². The molecule has 0 saturated heterocycles. The van der Waals surface area contributed by atoms with Crippen molar-refractivity contribution < 1.29 is 14.7 Å². The predicted molar refractivity (Wildman–Crippen MR) is 63.1 cm³/mol. The third-order valence-electron chi connectivity index (χ3n) is 2.95. The van der Waals surface area contributed by atoms with E-state index < -0.39 is 17.8 Å². The van der Waals surface area contributed by atoms with E-state index in [1.807, 2.05) is 0 Å². The molecule has 0 rings (SSSR count). The fourth-order valence-corrected chi connectivity index (χ4v) is 1.34. The van der Waals surface area contributed by atoms with Gasteiger partial charge in [0.25, 0.3) is 0 Å². The van der Waals surface area contributed by atoms with E-state index in [1.54, 1.807) is 25.8 Å². The molecule has 2 atom stereocenters. The van der Waals surface area contributed by atoms with Crippen LogP contribution in [-0.2, 0) is 9.59 Å². The molecule has 0 aliphatic heterocycles. The minimum absolute atomic E-state index is 0.0875. The monoisotopic (exact) mass is 229 g/mol. The van der Waals surface area contributed by atoms with E-state index >= 15 is 0 Å². The Morgan fingerprint density at radius 1 is 1.12 bits per heavy atom. The molecule has 0 aromatic rings. The molecular weight excluding hydrogens is 206 g/mol. The molecule has 0 heterocycles. The molecule has 0 aromatic heterocycles. The Kier molecular flexibility index (Phi) is 6.08. The number of carboxylic acid groups (broad SMARTS) is 1. The van der Waals surface area contributed by atoms with Gasteiger partial charge in [0.15, 0.2) is 0 Å². The van der Waals surface area contributed by atoms with Crippen molar-refractivity contribution in [1.29, 1.82) is 0 Å². The molecule has 2 unspecified atom stereocenters. The number of rotatable bonds is 6. The van der Waals surface area contributed by atoms with Gasteiger partial charge in [-0.2, -0.15) is 0 Å². The molecule has 94 valence electrons. The second-order valence-corrected chi connectivity index (χ2v) is 4.86. The number of hydrogen-bond donors (Lipinski definition) is 1. The fraction of sp³-hybridized carbons (Fsp3) is 0.833.